The molecule has 3 nitrogen and oxygen atoms in total. The maximum absolute atomic E-state index is 6.09. The first kappa shape index (κ1) is 12.1. The lowest BCUT2D eigenvalue weighted by Crippen LogP contribution is -2.36. The van der Waals surface area contributed by atoms with Gasteiger partial charge in [-0.05, 0) is 30.7 Å². The summed E-state index contributed by atoms with van der Waals surface area (Å²) in [4.78, 5) is 4.22. The van der Waals surface area contributed by atoms with Gasteiger partial charge < -0.3 is 10.5 Å². The molecule has 1 heterocycles. The Morgan fingerprint density at radius 2 is 1.89 bits per heavy atom. The van der Waals surface area contributed by atoms with Crippen LogP contribution < -0.4 is 5.73 Å². The number of aliphatic imine (C=N–C) groups is 1. The Kier molecular flexibility index (Phi) is 2.72. The molecule has 1 aliphatic rings. The average Bonchev–Trinajstić information content (AvgIpc) is 2.41. The minimum Gasteiger partial charge on any atom is -0.449 e. The van der Waals surface area contributed by atoms with Crippen molar-refractivity contribution in [3.63, 3.8) is 0 Å². The Balaban J connectivity index is 2.24. The number of amidine groups is 1. The monoisotopic (exact) mass is 272 g/mol. The zero-order chi connectivity index (χ0) is 13.5. The predicted molar refractivity (Wildman–Crippen MR) is 76.7 cm³/mol. The van der Waals surface area contributed by atoms with Crippen LogP contribution in [0.3, 0.4) is 0 Å². The van der Waals surface area contributed by atoms with Gasteiger partial charge in [-0.25, -0.2) is 0 Å². The summed E-state index contributed by atoms with van der Waals surface area (Å²) < 4.78 is 5.81. The molecule has 0 radical (unpaired) electrons. The maximum Gasteiger partial charge on any atom is 0.288 e. The van der Waals surface area contributed by atoms with Crippen molar-refractivity contribution >= 4 is 23.3 Å². The molecule has 0 fully saturated rings. The van der Waals surface area contributed by atoms with Crippen LogP contribution >= 0.6 is 11.6 Å². The molecule has 4 heteroatoms. The molecule has 3 rings (SSSR count). The van der Waals surface area contributed by atoms with Crippen molar-refractivity contribution in [2.24, 2.45) is 10.7 Å². The van der Waals surface area contributed by atoms with E-state index in [1.807, 2.05) is 49.4 Å². The van der Waals surface area contributed by atoms with E-state index in [1.54, 1.807) is 6.07 Å². The van der Waals surface area contributed by atoms with E-state index in [1.165, 1.54) is 0 Å². The number of nitrogens with zero attached hydrogens (tertiary/aromatic N) is 1. The standard InChI is InChI=1S/C15H13ClN2O/c1-15(10-5-3-2-4-6-10)12-9-11(16)7-8-13(12)18-14(17)19-15/h2-9H,1H3,(H2,17,18)/t15-/m0/s1. The molecule has 0 bridgehead atoms. The second-order valence-electron chi connectivity index (χ2n) is 4.61. The molecule has 0 spiro atoms. The van der Waals surface area contributed by atoms with Crippen molar-refractivity contribution in [1.29, 1.82) is 0 Å². The van der Waals surface area contributed by atoms with E-state index in [4.69, 9.17) is 22.1 Å². The molecule has 2 aromatic carbocycles. The molecular weight excluding hydrogens is 260 g/mol. The first-order chi connectivity index (χ1) is 9.09. The molecule has 96 valence electrons. The van der Waals surface area contributed by atoms with E-state index in [0.717, 1.165) is 16.8 Å². The first-order valence-electron chi connectivity index (χ1n) is 5.98. The molecule has 0 saturated carbocycles. The molecule has 0 aliphatic carbocycles. The number of hydrogen-bond donors (Lipinski definition) is 1. The zero-order valence-electron chi connectivity index (χ0n) is 10.4. The molecule has 0 aromatic heterocycles. The highest BCUT2D eigenvalue weighted by Crippen LogP contribution is 2.42. The largest absolute Gasteiger partial charge is 0.449 e. The molecule has 0 saturated heterocycles. The summed E-state index contributed by atoms with van der Waals surface area (Å²) in [6.45, 7) is 1.97. The fourth-order valence-corrected chi connectivity index (χ4v) is 2.54. The fraction of sp³-hybridized carbons (Fsp3) is 0.133. The number of benzene rings is 2. The minimum atomic E-state index is -0.673. The van der Waals surface area contributed by atoms with Crippen molar-refractivity contribution in [3.8, 4) is 0 Å². The lowest BCUT2D eigenvalue weighted by Gasteiger charge is -2.34. The number of fused-ring (bicyclic) bond motifs is 1. The highest BCUT2D eigenvalue weighted by Gasteiger charge is 2.37. The van der Waals surface area contributed by atoms with Gasteiger partial charge in [0.15, 0.2) is 5.60 Å². The van der Waals surface area contributed by atoms with E-state index in [9.17, 15) is 0 Å². The zero-order valence-corrected chi connectivity index (χ0v) is 11.2. The van der Waals surface area contributed by atoms with E-state index in [-0.39, 0.29) is 6.02 Å². The van der Waals surface area contributed by atoms with Crippen LogP contribution in [-0.4, -0.2) is 6.02 Å². The minimum absolute atomic E-state index is 0.168. The number of halogens is 1. The molecule has 19 heavy (non-hydrogen) atoms. The summed E-state index contributed by atoms with van der Waals surface area (Å²) >= 11 is 6.09. The van der Waals surface area contributed by atoms with Gasteiger partial charge in [-0.3, -0.25) is 0 Å². The van der Waals surface area contributed by atoms with Crippen LogP contribution in [0.2, 0.25) is 5.02 Å². The number of hydrogen-bond acceptors (Lipinski definition) is 3. The third-order valence-electron chi connectivity index (χ3n) is 3.34. The molecule has 2 aromatic rings. The Morgan fingerprint density at radius 1 is 1.16 bits per heavy atom. The van der Waals surface area contributed by atoms with Gasteiger partial charge in [0.05, 0.1) is 5.69 Å². The Bertz CT molecular complexity index is 654. The van der Waals surface area contributed by atoms with Gasteiger partial charge in [-0.2, -0.15) is 4.99 Å². The summed E-state index contributed by atoms with van der Waals surface area (Å²) in [5.41, 5.74) is 7.84. The number of ether oxygens (including phenoxy) is 1. The lowest BCUT2D eigenvalue weighted by molar-refractivity contribution is 0.111. The Morgan fingerprint density at radius 3 is 2.63 bits per heavy atom. The van der Waals surface area contributed by atoms with Gasteiger partial charge in [0.2, 0.25) is 0 Å². The number of nitrogens with two attached hydrogens (primary N) is 1. The molecule has 2 N–H and O–H groups in total. The fourth-order valence-electron chi connectivity index (χ4n) is 2.36. The molecule has 0 unspecified atom stereocenters. The second kappa shape index (κ2) is 4.28. The van der Waals surface area contributed by atoms with Crippen LogP contribution in [-0.2, 0) is 10.3 Å². The summed E-state index contributed by atoms with van der Waals surface area (Å²) in [5, 5.41) is 0.653. The summed E-state index contributed by atoms with van der Waals surface area (Å²) in [6.07, 6.45) is 0. The van der Waals surface area contributed by atoms with Crippen molar-refractivity contribution in [3.05, 3.63) is 64.7 Å². The summed E-state index contributed by atoms with van der Waals surface area (Å²) in [6, 6.07) is 15.6. The van der Waals surface area contributed by atoms with Gasteiger partial charge in [0, 0.05) is 10.6 Å². The third kappa shape index (κ3) is 1.96. The Labute approximate surface area is 116 Å². The third-order valence-corrected chi connectivity index (χ3v) is 3.57. The van der Waals surface area contributed by atoms with Crippen molar-refractivity contribution in [2.75, 3.05) is 0 Å². The Hall–Kier alpha value is -2.00. The van der Waals surface area contributed by atoms with Crippen LogP contribution in [0.4, 0.5) is 5.69 Å². The molecular formula is C15H13ClN2O. The predicted octanol–water partition coefficient (Wildman–Crippen LogP) is 3.58. The van der Waals surface area contributed by atoms with E-state index < -0.39 is 5.60 Å². The topological polar surface area (TPSA) is 47.6 Å². The highest BCUT2D eigenvalue weighted by atomic mass is 35.5. The van der Waals surface area contributed by atoms with Crippen molar-refractivity contribution < 1.29 is 4.74 Å². The van der Waals surface area contributed by atoms with E-state index in [0.29, 0.717) is 5.02 Å². The lowest BCUT2D eigenvalue weighted by atomic mass is 9.86. The normalized spacial score (nSPS) is 21.3. The molecule has 1 atom stereocenters. The summed E-state index contributed by atoms with van der Waals surface area (Å²) in [5.74, 6) is 0. The van der Waals surface area contributed by atoms with Gasteiger partial charge >= 0.3 is 0 Å². The molecule has 1 aliphatic heterocycles. The average molecular weight is 273 g/mol. The van der Waals surface area contributed by atoms with E-state index >= 15 is 0 Å². The summed E-state index contributed by atoms with van der Waals surface area (Å²) in [7, 11) is 0. The van der Waals surface area contributed by atoms with Gasteiger partial charge in [0.25, 0.3) is 6.02 Å². The first-order valence-corrected chi connectivity index (χ1v) is 6.36. The number of rotatable bonds is 1. The highest BCUT2D eigenvalue weighted by molar-refractivity contribution is 6.30. The van der Waals surface area contributed by atoms with Gasteiger partial charge in [-0.15, -0.1) is 0 Å². The van der Waals surface area contributed by atoms with Gasteiger partial charge in [0.1, 0.15) is 0 Å². The van der Waals surface area contributed by atoms with Gasteiger partial charge in [-0.1, -0.05) is 41.9 Å². The maximum atomic E-state index is 6.09. The van der Waals surface area contributed by atoms with Crippen LogP contribution in [0.5, 0.6) is 0 Å². The van der Waals surface area contributed by atoms with E-state index in [2.05, 4.69) is 4.99 Å². The van der Waals surface area contributed by atoms with Crippen LogP contribution in [0.25, 0.3) is 0 Å². The smallest absolute Gasteiger partial charge is 0.288 e. The van der Waals surface area contributed by atoms with Crippen LogP contribution in [0, 0.1) is 0 Å². The SMILES string of the molecule is C[C@@]1(c2ccccc2)OC(N)=Nc2ccc(Cl)cc21. The second-order valence-corrected chi connectivity index (χ2v) is 5.05. The van der Waals surface area contributed by atoms with Crippen LogP contribution in [0.15, 0.2) is 53.5 Å². The molecule has 0 amide bonds. The van der Waals surface area contributed by atoms with Crippen LogP contribution in [0.1, 0.15) is 18.1 Å². The quantitative estimate of drug-likeness (QED) is 0.862. The van der Waals surface area contributed by atoms with Crippen molar-refractivity contribution in [2.45, 2.75) is 12.5 Å². The van der Waals surface area contributed by atoms with Crippen molar-refractivity contribution in [1.82, 2.24) is 0 Å².